The maximum Gasteiger partial charge on any atom is 0.255 e. The molecule has 116 valence electrons. The zero-order valence-corrected chi connectivity index (χ0v) is 13.1. The molecule has 0 saturated carbocycles. The number of carbonyl (C=O) groups is 1. The van der Waals surface area contributed by atoms with Gasteiger partial charge in [0, 0.05) is 45.1 Å². The van der Waals surface area contributed by atoms with E-state index in [1.165, 1.54) is 6.26 Å². The molecule has 1 atom stereocenters. The molecule has 3 nitrogen and oxygen atoms in total. The molecule has 0 aromatic heterocycles. The van der Waals surface area contributed by atoms with Crippen LogP contribution < -0.4 is 5.32 Å². The first-order chi connectivity index (χ1) is 10.3. The van der Waals surface area contributed by atoms with E-state index in [-0.39, 0.29) is 11.3 Å². The molecule has 2 aromatic carbocycles. The van der Waals surface area contributed by atoms with Crippen molar-refractivity contribution in [2.75, 3.05) is 11.6 Å². The molecule has 2 aromatic rings. The Bertz CT molecular complexity index is 732. The van der Waals surface area contributed by atoms with Gasteiger partial charge in [0.05, 0.1) is 0 Å². The molecule has 7 heteroatoms. The number of hydrogen-bond donors (Lipinski definition) is 1. The van der Waals surface area contributed by atoms with Crippen molar-refractivity contribution in [1.29, 1.82) is 0 Å². The predicted molar refractivity (Wildman–Crippen MR) is 83.5 cm³/mol. The largest absolute Gasteiger partial charge is 0.322 e. The molecular formula is C15H12ClF2NO2S. The fourth-order valence-corrected chi connectivity index (χ4v) is 2.81. The van der Waals surface area contributed by atoms with Gasteiger partial charge in [-0.15, -0.1) is 0 Å². The Balaban J connectivity index is 2.22. The molecule has 0 bridgehead atoms. The maximum absolute atomic E-state index is 13.1. The monoisotopic (exact) mass is 343 g/mol. The van der Waals surface area contributed by atoms with Crippen LogP contribution in [0.1, 0.15) is 15.9 Å². The standard InChI is InChI=1S/C15H12ClF2NO2S/c1-22(21)8-10-6-13(2-3-14(10)16)19-15(20)9-4-11(17)7-12(18)5-9/h2-7H,8H2,1H3,(H,19,20). The van der Waals surface area contributed by atoms with E-state index in [0.717, 1.165) is 12.1 Å². The van der Waals surface area contributed by atoms with Crippen LogP contribution in [0.4, 0.5) is 14.5 Å². The van der Waals surface area contributed by atoms with Crippen molar-refractivity contribution < 1.29 is 17.8 Å². The van der Waals surface area contributed by atoms with Crippen molar-refractivity contribution >= 4 is 34.0 Å². The van der Waals surface area contributed by atoms with Gasteiger partial charge in [0.25, 0.3) is 5.91 Å². The van der Waals surface area contributed by atoms with E-state index in [1.54, 1.807) is 18.2 Å². The Morgan fingerprint density at radius 1 is 1.18 bits per heavy atom. The van der Waals surface area contributed by atoms with Crippen molar-refractivity contribution in [2.24, 2.45) is 0 Å². The average molecular weight is 344 g/mol. The number of benzene rings is 2. The Morgan fingerprint density at radius 2 is 1.82 bits per heavy atom. The van der Waals surface area contributed by atoms with Crippen LogP contribution in [0.3, 0.4) is 0 Å². The molecule has 0 heterocycles. The lowest BCUT2D eigenvalue weighted by Gasteiger charge is -2.09. The van der Waals surface area contributed by atoms with E-state index < -0.39 is 28.3 Å². The second-order valence-electron chi connectivity index (χ2n) is 4.64. The molecule has 1 N–H and O–H groups in total. The van der Waals surface area contributed by atoms with Crippen LogP contribution in [0.5, 0.6) is 0 Å². The molecule has 0 radical (unpaired) electrons. The van der Waals surface area contributed by atoms with Gasteiger partial charge in [-0.2, -0.15) is 0 Å². The second-order valence-corrected chi connectivity index (χ2v) is 6.48. The predicted octanol–water partition coefficient (Wildman–Crippen LogP) is 3.75. The van der Waals surface area contributed by atoms with Gasteiger partial charge in [-0.25, -0.2) is 8.78 Å². The third-order valence-corrected chi connectivity index (χ3v) is 3.87. The number of amides is 1. The third-order valence-electron chi connectivity index (χ3n) is 2.79. The van der Waals surface area contributed by atoms with Crippen molar-refractivity contribution in [3.05, 3.63) is 64.2 Å². The highest BCUT2D eigenvalue weighted by Gasteiger charge is 2.11. The second kappa shape index (κ2) is 6.98. The van der Waals surface area contributed by atoms with E-state index in [2.05, 4.69) is 5.32 Å². The van der Waals surface area contributed by atoms with Crippen LogP contribution >= 0.6 is 11.6 Å². The zero-order valence-electron chi connectivity index (χ0n) is 11.5. The lowest BCUT2D eigenvalue weighted by atomic mass is 10.1. The van der Waals surface area contributed by atoms with Gasteiger partial charge < -0.3 is 5.32 Å². The molecule has 0 aliphatic rings. The highest BCUT2D eigenvalue weighted by molar-refractivity contribution is 7.83. The number of nitrogens with one attached hydrogen (secondary N) is 1. The molecule has 1 unspecified atom stereocenters. The van der Waals surface area contributed by atoms with Crippen molar-refractivity contribution in [3.8, 4) is 0 Å². The van der Waals surface area contributed by atoms with Gasteiger partial charge in [0.15, 0.2) is 0 Å². The fourth-order valence-electron chi connectivity index (χ4n) is 1.87. The van der Waals surface area contributed by atoms with Gasteiger partial charge in [-0.05, 0) is 35.9 Å². The first-order valence-corrected chi connectivity index (χ1v) is 8.31. The summed E-state index contributed by atoms with van der Waals surface area (Å²) in [6, 6.07) is 7.27. The first-order valence-electron chi connectivity index (χ1n) is 6.21. The third kappa shape index (κ3) is 4.35. The van der Waals surface area contributed by atoms with E-state index >= 15 is 0 Å². The summed E-state index contributed by atoms with van der Waals surface area (Å²) in [6.45, 7) is 0. The normalized spacial score (nSPS) is 12.0. The Hall–Kier alpha value is -1.79. The average Bonchev–Trinajstić information content (AvgIpc) is 2.41. The molecule has 22 heavy (non-hydrogen) atoms. The lowest BCUT2D eigenvalue weighted by molar-refractivity contribution is 0.102. The van der Waals surface area contributed by atoms with Gasteiger partial charge in [0.2, 0.25) is 0 Å². The molecule has 2 rings (SSSR count). The molecule has 0 fully saturated rings. The molecule has 0 aliphatic carbocycles. The molecule has 0 aliphatic heterocycles. The van der Waals surface area contributed by atoms with Gasteiger partial charge in [-0.3, -0.25) is 9.00 Å². The summed E-state index contributed by atoms with van der Waals surface area (Å²) < 4.78 is 37.5. The first kappa shape index (κ1) is 16.6. The van der Waals surface area contributed by atoms with Crippen LogP contribution in [-0.2, 0) is 16.6 Å². The summed E-state index contributed by atoms with van der Waals surface area (Å²) in [7, 11) is -1.09. The number of anilines is 1. The smallest absolute Gasteiger partial charge is 0.255 e. The van der Waals surface area contributed by atoms with Crippen LogP contribution in [0.2, 0.25) is 5.02 Å². The molecular weight excluding hydrogens is 332 g/mol. The minimum atomic E-state index is -1.09. The fraction of sp³-hybridized carbons (Fsp3) is 0.133. The molecule has 1 amide bonds. The lowest BCUT2D eigenvalue weighted by Crippen LogP contribution is -2.13. The van der Waals surface area contributed by atoms with Crippen LogP contribution in [0, 0.1) is 11.6 Å². The zero-order chi connectivity index (χ0) is 16.3. The van der Waals surface area contributed by atoms with Crippen molar-refractivity contribution in [3.63, 3.8) is 0 Å². The van der Waals surface area contributed by atoms with Gasteiger partial charge in [0.1, 0.15) is 11.6 Å². The van der Waals surface area contributed by atoms with Crippen molar-refractivity contribution in [1.82, 2.24) is 0 Å². The summed E-state index contributed by atoms with van der Waals surface area (Å²) >= 11 is 5.99. The summed E-state index contributed by atoms with van der Waals surface area (Å²) in [5, 5.41) is 2.96. The van der Waals surface area contributed by atoms with E-state index in [0.29, 0.717) is 22.3 Å². The SMILES string of the molecule is CS(=O)Cc1cc(NC(=O)c2cc(F)cc(F)c2)ccc1Cl. The Labute approximate surface area is 133 Å². The quantitative estimate of drug-likeness (QED) is 0.919. The van der Waals surface area contributed by atoms with Crippen LogP contribution in [0.25, 0.3) is 0 Å². The number of rotatable bonds is 4. The van der Waals surface area contributed by atoms with Crippen LogP contribution in [-0.4, -0.2) is 16.4 Å². The maximum atomic E-state index is 13.1. The summed E-state index contributed by atoms with van der Waals surface area (Å²) in [5.74, 6) is -2.06. The topological polar surface area (TPSA) is 46.2 Å². The molecule has 0 saturated heterocycles. The summed E-state index contributed by atoms with van der Waals surface area (Å²) in [5.41, 5.74) is 0.887. The molecule has 0 spiro atoms. The number of carbonyl (C=O) groups excluding carboxylic acids is 1. The van der Waals surface area contributed by atoms with Gasteiger partial charge >= 0.3 is 0 Å². The number of hydrogen-bond acceptors (Lipinski definition) is 2. The summed E-state index contributed by atoms with van der Waals surface area (Å²) in [6.07, 6.45) is 1.54. The highest BCUT2D eigenvalue weighted by Crippen LogP contribution is 2.22. The number of halogens is 3. The Kier molecular flexibility index (Phi) is 5.26. The van der Waals surface area contributed by atoms with E-state index in [9.17, 15) is 17.8 Å². The summed E-state index contributed by atoms with van der Waals surface area (Å²) in [4.78, 5) is 12.0. The highest BCUT2D eigenvalue weighted by atomic mass is 35.5. The van der Waals surface area contributed by atoms with Crippen LogP contribution in [0.15, 0.2) is 36.4 Å². The minimum absolute atomic E-state index is 0.131. The van der Waals surface area contributed by atoms with E-state index in [1.807, 2.05) is 0 Å². The van der Waals surface area contributed by atoms with Crippen molar-refractivity contribution in [2.45, 2.75) is 5.75 Å². The minimum Gasteiger partial charge on any atom is -0.322 e. The van der Waals surface area contributed by atoms with Gasteiger partial charge in [-0.1, -0.05) is 11.6 Å². The van der Waals surface area contributed by atoms with E-state index in [4.69, 9.17) is 11.6 Å². The Morgan fingerprint density at radius 3 is 2.41 bits per heavy atom.